The molecule has 0 amide bonds. The van der Waals surface area contributed by atoms with Gasteiger partial charge in [0.15, 0.2) is 5.78 Å². The van der Waals surface area contributed by atoms with Gasteiger partial charge in [0.2, 0.25) is 5.95 Å². The van der Waals surface area contributed by atoms with Crippen LogP contribution in [0.25, 0.3) is 0 Å². The Morgan fingerprint density at radius 2 is 1.40 bits per heavy atom. The summed E-state index contributed by atoms with van der Waals surface area (Å²) >= 11 is 0. The number of ketones is 1. The Balaban J connectivity index is 0.00000232. The minimum atomic E-state index is -4.97. The molecule has 0 radical (unpaired) electrons. The van der Waals surface area contributed by atoms with Gasteiger partial charge in [0.25, 0.3) is 0 Å². The van der Waals surface area contributed by atoms with E-state index < -0.39 is 13.9 Å². The summed E-state index contributed by atoms with van der Waals surface area (Å²) in [6.45, 7) is 15.5. The summed E-state index contributed by atoms with van der Waals surface area (Å²) in [5.41, 5.74) is 0.193. The van der Waals surface area contributed by atoms with Gasteiger partial charge >= 0.3 is 103 Å². The van der Waals surface area contributed by atoms with Crippen LogP contribution in [0.1, 0.15) is 97.8 Å². The second-order valence-corrected chi connectivity index (χ2v) is 18.9. The van der Waals surface area contributed by atoms with Crippen molar-refractivity contribution in [1.82, 2.24) is 14.9 Å². The molecule has 9 atom stereocenters. The first-order chi connectivity index (χ1) is 23.9. The first kappa shape index (κ1) is 43.1. The van der Waals surface area contributed by atoms with E-state index >= 15 is 0 Å². The van der Waals surface area contributed by atoms with Gasteiger partial charge in [-0.1, -0.05) is 20.8 Å². The normalized spacial score (nSPS) is 37.9. The molecule has 0 aromatic carbocycles. The molecule has 3 saturated heterocycles. The van der Waals surface area contributed by atoms with Gasteiger partial charge in [-0.25, -0.2) is 0 Å². The molecule has 0 N–H and O–H groups in total. The molecule has 52 heavy (non-hydrogen) atoms. The van der Waals surface area contributed by atoms with Gasteiger partial charge in [0.1, 0.15) is 11.6 Å². The molecule has 278 valence electrons. The van der Waals surface area contributed by atoms with Crippen molar-refractivity contribution in [2.24, 2.45) is 46.3 Å². The van der Waals surface area contributed by atoms with E-state index in [1.54, 1.807) is 0 Å². The number of carbonyl (C=O) groups excluding carboxylic acids is 1. The maximum absolute atomic E-state index is 14.3. The van der Waals surface area contributed by atoms with Crippen LogP contribution in [0, 0.1) is 46.3 Å². The van der Waals surface area contributed by atoms with Crippen LogP contribution in [0.2, 0.25) is 0 Å². The Morgan fingerprint density at radius 1 is 0.808 bits per heavy atom. The number of phosphoric acid groups is 1. The number of hydrogen-bond acceptors (Lipinski definition) is 11. The Kier molecular flexibility index (Phi) is 14.4. The molecular weight excluding hydrogens is 730 g/mol. The first-order valence-electron chi connectivity index (χ1n) is 20.0. The maximum Gasteiger partial charge on any atom is 1.00 e. The summed E-state index contributed by atoms with van der Waals surface area (Å²) in [6.07, 6.45) is 12.2. The fourth-order valence-corrected chi connectivity index (χ4v) is 13.3. The fourth-order valence-electron chi connectivity index (χ4n) is 12.7. The predicted molar refractivity (Wildman–Crippen MR) is 191 cm³/mol. The van der Waals surface area contributed by atoms with Gasteiger partial charge in [-0.2, -0.15) is 9.97 Å². The number of carbonyl (C=O) groups is 1. The number of anilines is 3. The van der Waals surface area contributed by atoms with Crippen molar-refractivity contribution in [1.29, 1.82) is 0 Å². The largest absolute Gasteiger partial charge is 1.00 e. The van der Waals surface area contributed by atoms with Gasteiger partial charge in [0.05, 0.1) is 20.5 Å². The Labute approximate surface area is 397 Å². The van der Waals surface area contributed by atoms with Crippen molar-refractivity contribution in [3.05, 3.63) is 6.07 Å². The standard InChI is InChI=1S/C38H61N6O5P.2K/c1-26-22-31-29-9-8-27-23-28(49-50(46,47)48)10-12-37(27,2)30(29)11-13-38(31,3)35(26)32(45)25-41-18-20-43(21-19-41)34-24-33(42-14-4-5-15-42)39-36(40-34)44-16-6-7-17-44;;/h24,26-31,35H,4-23,25H2,1-3H3,(H2,46,47,48);;/q;2*+1/p-2/t26-,27+,28-,29-,30+,31+,35-,37+,38+;;/m1../s1. The van der Waals surface area contributed by atoms with Crippen molar-refractivity contribution < 1.29 is 126 Å². The third kappa shape index (κ3) is 8.61. The van der Waals surface area contributed by atoms with E-state index in [-0.39, 0.29) is 120 Å². The van der Waals surface area contributed by atoms with Crippen LogP contribution in [-0.4, -0.2) is 85.7 Å². The Morgan fingerprint density at radius 3 is 2.04 bits per heavy atom. The summed E-state index contributed by atoms with van der Waals surface area (Å²) < 4.78 is 16.3. The molecular formula is C38H59K2N6O5P. The monoisotopic (exact) mass is 788 g/mol. The summed E-state index contributed by atoms with van der Waals surface area (Å²) in [5, 5.41) is 0. The van der Waals surface area contributed by atoms with E-state index in [0.29, 0.717) is 54.8 Å². The van der Waals surface area contributed by atoms with Crippen LogP contribution >= 0.6 is 7.82 Å². The smallest absolute Gasteiger partial charge is 0.790 e. The molecule has 0 unspecified atom stereocenters. The van der Waals surface area contributed by atoms with Gasteiger partial charge in [-0.3, -0.25) is 9.69 Å². The number of piperazine rings is 1. The number of aromatic nitrogens is 2. The SMILES string of the molecule is C[C@@H]1C[C@H]2[C@@H]3CC[C@H]4C[C@H](OP(=O)([O-])[O-])CC[C@]4(C)[C@H]3CC[C@]2(C)[C@H]1C(=O)CN1CCN(c2cc(N3CCCC3)nc(N3CCCC3)n2)CC1.[K+].[K+]. The second-order valence-electron chi connectivity index (χ2n) is 17.8. The molecule has 4 heterocycles. The Bertz CT molecular complexity index is 1430. The zero-order valence-electron chi connectivity index (χ0n) is 32.6. The van der Waals surface area contributed by atoms with Crippen LogP contribution in [0.15, 0.2) is 6.07 Å². The van der Waals surface area contributed by atoms with E-state index in [4.69, 9.17) is 14.5 Å². The van der Waals surface area contributed by atoms with Crippen molar-refractivity contribution in [3.8, 4) is 0 Å². The molecule has 4 aliphatic carbocycles. The number of fused-ring (bicyclic) bond motifs is 5. The van der Waals surface area contributed by atoms with Gasteiger partial charge in [-0.15, -0.1) is 0 Å². The molecule has 4 saturated carbocycles. The van der Waals surface area contributed by atoms with Crippen LogP contribution in [0.4, 0.5) is 17.6 Å². The zero-order chi connectivity index (χ0) is 34.8. The average molecular weight is 789 g/mol. The number of rotatable bonds is 8. The van der Waals surface area contributed by atoms with Crippen LogP contribution in [0.3, 0.4) is 0 Å². The topological polar surface area (TPSA) is 128 Å². The molecule has 0 spiro atoms. The summed E-state index contributed by atoms with van der Waals surface area (Å²) in [6, 6.07) is 2.20. The molecule has 1 aromatic rings. The number of Topliss-reactive ketones (excluding diaryl/α,β-unsaturated/α-hetero) is 1. The van der Waals surface area contributed by atoms with Gasteiger partial charge in [0, 0.05) is 64.3 Å². The Hall–Kier alpha value is 1.49. The molecule has 14 heteroatoms. The van der Waals surface area contributed by atoms with Crippen LogP contribution in [0.5, 0.6) is 0 Å². The molecule has 0 bridgehead atoms. The van der Waals surface area contributed by atoms with Crippen molar-refractivity contribution in [2.75, 3.05) is 73.6 Å². The molecule has 11 nitrogen and oxygen atoms in total. The second kappa shape index (κ2) is 17.4. The van der Waals surface area contributed by atoms with Crippen LogP contribution < -0.4 is 127 Å². The van der Waals surface area contributed by atoms with Crippen molar-refractivity contribution in [2.45, 2.75) is 104 Å². The van der Waals surface area contributed by atoms with E-state index in [9.17, 15) is 19.1 Å². The molecule has 7 aliphatic rings. The zero-order valence-corrected chi connectivity index (χ0v) is 39.8. The fraction of sp³-hybridized carbons (Fsp3) is 0.868. The van der Waals surface area contributed by atoms with Crippen molar-refractivity contribution >= 4 is 31.2 Å². The first-order valence-corrected chi connectivity index (χ1v) is 21.5. The minimum absolute atomic E-state index is 0. The third-order valence-electron chi connectivity index (χ3n) is 15.2. The third-order valence-corrected chi connectivity index (χ3v) is 15.7. The quantitative estimate of drug-likeness (QED) is 0.226. The maximum atomic E-state index is 14.3. The van der Waals surface area contributed by atoms with E-state index in [2.05, 4.69) is 46.4 Å². The van der Waals surface area contributed by atoms with Crippen molar-refractivity contribution in [3.63, 3.8) is 0 Å². The molecule has 1 aromatic heterocycles. The minimum Gasteiger partial charge on any atom is -0.790 e. The summed E-state index contributed by atoms with van der Waals surface area (Å²) in [4.78, 5) is 56.7. The number of nitrogens with zero attached hydrogens (tertiary/aromatic N) is 6. The van der Waals surface area contributed by atoms with Gasteiger partial charge < -0.3 is 33.6 Å². The summed E-state index contributed by atoms with van der Waals surface area (Å²) in [5.74, 6) is 6.10. The average Bonchev–Trinajstić information content (AvgIpc) is 3.86. The number of hydrogen-bond donors (Lipinski definition) is 0. The molecule has 7 fully saturated rings. The predicted octanol–water partition coefficient (Wildman–Crippen LogP) is -1.51. The van der Waals surface area contributed by atoms with E-state index in [1.807, 2.05) is 0 Å². The molecule has 8 rings (SSSR count). The molecule has 3 aliphatic heterocycles. The van der Waals surface area contributed by atoms with E-state index in [0.717, 1.165) is 108 Å². The number of phosphoric ester groups is 1. The van der Waals surface area contributed by atoms with E-state index in [1.165, 1.54) is 25.7 Å². The van der Waals surface area contributed by atoms with Gasteiger partial charge in [-0.05, 0) is 117 Å². The summed E-state index contributed by atoms with van der Waals surface area (Å²) in [7, 11) is -4.97. The van der Waals surface area contributed by atoms with Crippen LogP contribution in [-0.2, 0) is 13.9 Å².